The van der Waals surface area contributed by atoms with Crippen LogP contribution in [0.4, 0.5) is 0 Å². The fourth-order valence-corrected chi connectivity index (χ4v) is 7.64. The van der Waals surface area contributed by atoms with Gasteiger partial charge in [-0.3, -0.25) is 4.79 Å². The quantitative estimate of drug-likeness (QED) is 0.763. The zero-order valence-corrected chi connectivity index (χ0v) is 16.2. The van der Waals surface area contributed by atoms with E-state index in [1.54, 1.807) is 0 Å². The van der Waals surface area contributed by atoms with Gasteiger partial charge in [-0.1, -0.05) is 13.8 Å². The second-order valence-electron chi connectivity index (χ2n) is 9.92. The molecule has 25 heavy (non-hydrogen) atoms. The molecule has 0 saturated heterocycles. The Balaban J connectivity index is 0.000000126. The van der Waals surface area contributed by atoms with Crippen molar-refractivity contribution in [1.82, 2.24) is 0 Å². The third-order valence-electron chi connectivity index (χ3n) is 9.14. The van der Waals surface area contributed by atoms with Gasteiger partial charge in [0.05, 0.1) is 13.0 Å². The molecule has 5 aliphatic rings. The van der Waals surface area contributed by atoms with Gasteiger partial charge < -0.3 is 9.84 Å². The Morgan fingerprint density at radius 3 is 2.00 bits per heavy atom. The number of hydrogen-bond acceptors (Lipinski definition) is 3. The highest BCUT2D eigenvalue weighted by atomic mass is 16.5. The largest absolute Gasteiger partial charge is 0.469 e. The van der Waals surface area contributed by atoms with Gasteiger partial charge in [0.1, 0.15) is 0 Å². The van der Waals surface area contributed by atoms with Crippen molar-refractivity contribution in [3.63, 3.8) is 0 Å². The first-order chi connectivity index (χ1) is 12.0. The van der Waals surface area contributed by atoms with Crippen LogP contribution < -0.4 is 0 Å². The number of carbonyl (C=O) groups is 1. The van der Waals surface area contributed by atoms with E-state index >= 15 is 0 Å². The number of methoxy groups -OCH3 is 1. The van der Waals surface area contributed by atoms with Gasteiger partial charge in [0.25, 0.3) is 0 Å². The second-order valence-corrected chi connectivity index (χ2v) is 9.92. The smallest absolute Gasteiger partial charge is 0.308 e. The molecule has 0 heterocycles. The molecule has 0 radical (unpaired) electrons. The first-order valence-electron chi connectivity index (χ1n) is 10.7. The van der Waals surface area contributed by atoms with E-state index in [1.165, 1.54) is 45.6 Å². The molecule has 5 fully saturated rings. The van der Waals surface area contributed by atoms with Gasteiger partial charge in [-0.25, -0.2) is 0 Å². The van der Waals surface area contributed by atoms with Crippen LogP contribution in [-0.4, -0.2) is 24.8 Å². The van der Waals surface area contributed by atoms with Crippen molar-refractivity contribution in [2.45, 2.75) is 58.8 Å². The molecule has 0 spiro atoms. The molecule has 5 saturated carbocycles. The number of aliphatic hydroxyl groups excluding tert-OH is 1. The molecule has 3 heteroatoms. The molecule has 3 nitrogen and oxygen atoms in total. The third kappa shape index (κ3) is 2.95. The summed E-state index contributed by atoms with van der Waals surface area (Å²) < 4.78 is 4.83. The highest BCUT2D eigenvalue weighted by molar-refractivity contribution is 5.73. The molecular weight excluding hydrogens is 312 g/mol. The molecule has 9 unspecified atom stereocenters. The van der Waals surface area contributed by atoms with Crippen LogP contribution in [0.3, 0.4) is 0 Å². The lowest BCUT2D eigenvalue weighted by Gasteiger charge is -2.29. The predicted molar refractivity (Wildman–Crippen MR) is 97.7 cm³/mol. The van der Waals surface area contributed by atoms with Crippen LogP contribution in [-0.2, 0) is 9.53 Å². The summed E-state index contributed by atoms with van der Waals surface area (Å²) in [5, 5.41) is 9.11. The molecule has 1 N–H and O–H groups in total. The average Bonchev–Trinajstić information content (AvgIpc) is 3.41. The second kappa shape index (κ2) is 6.87. The van der Waals surface area contributed by atoms with Crippen LogP contribution in [0.15, 0.2) is 0 Å². The fraction of sp³-hybridized carbons (Fsp3) is 0.955. The van der Waals surface area contributed by atoms with Crippen molar-refractivity contribution in [2.75, 3.05) is 13.7 Å². The summed E-state index contributed by atoms with van der Waals surface area (Å²) in [6.07, 6.45) is 9.57. The lowest BCUT2D eigenvalue weighted by molar-refractivity contribution is -0.148. The summed E-state index contributed by atoms with van der Waals surface area (Å²) >= 11 is 0. The minimum Gasteiger partial charge on any atom is -0.469 e. The number of esters is 1. The van der Waals surface area contributed by atoms with Crippen molar-refractivity contribution >= 4 is 5.97 Å². The van der Waals surface area contributed by atoms with Gasteiger partial charge >= 0.3 is 5.97 Å². The number of aliphatic hydroxyl groups is 1. The number of carbonyl (C=O) groups excluding carboxylic acids is 1. The predicted octanol–water partition coefficient (Wildman–Crippen LogP) is 4.14. The Labute approximate surface area is 152 Å². The average molecular weight is 349 g/mol. The van der Waals surface area contributed by atoms with E-state index in [9.17, 15) is 4.79 Å². The highest BCUT2D eigenvalue weighted by Gasteiger charge is 2.52. The lowest BCUT2D eigenvalue weighted by atomic mass is 9.76. The Bertz CT molecular complexity index is 484. The monoisotopic (exact) mass is 348 g/mol. The van der Waals surface area contributed by atoms with E-state index in [2.05, 4.69) is 13.8 Å². The van der Waals surface area contributed by atoms with E-state index in [0.717, 1.165) is 41.9 Å². The normalized spacial score (nSPS) is 52.0. The number of fused-ring (bicyclic) bond motifs is 7. The molecular formula is C22H36O3. The van der Waals surface area contributed by atoms with E-state index in [1.807, 2.05) is 0 Å². The molecule has 5 aliphatic carbocycles. The maximum atomic E-state index is 11.4. The Kier molecular flexibility index (Phi) is 4.90. The van der Waals surface area contributed by atoms with Crippen molar-refractivity contribution in [1.29, 1.82) is 0 Å². The molecule has 5 rings (SSSR count). The van der Waals surface area contributed by atoms with Crippen molar-refractivity contribution in [2.24, 2.45) is 59.2 Å². The summed E-state index contributed by atoms with van der Waals surface area (Å²) in [6, 6.07) is 0. The van der Waals surface area contributed by atoms with E-state index in [0.29, 0.717) is 24.4 Å². The zero-order chi connectivity index (χ0) is 17.7. The summed E-state index contributed by atoms with van der Waals surface area (Å²) in [7, 11) is 1.50. The van der Waals surface area contributed by atoms with Crippen LogP contribution >= 0.6 is 0 Å². The van der Waals surface area contributed by atoms with E-state index in [-0.39, 0.29) is 11.9 Å². The van der Waals surface area contributed by atoms with Crippen LogP contribution in [0.5, 0.6) is 0 Å². The third-order valence-corrected chi connectivity index (χ3v) is 9.14. The number of hydrogen-bond donors (Lipinski definition) is 1. The van der Waals surface area contributed by atoms with E-state index < -0.39 is 0 Å². The molecule has 4 bridgehead atoms. The molecule has 142 valence electrons. The standard InChI is InChI=1S/C11H18O2.C11H18O/c1-6-7(2)9-4-8(6)5-10(9)11(12)13-3;12-6-7-3-10-8-1-2-9(5-8)11(10)4-7/h6-10H,4-5H2,1-3H3;7-12H,1-6H2. The van der Waals surface area contributed by atoms with Crippen molar-refractivity contribution in [3.8, 4) is 0 Å². The van der Waals surface area contributed by atoms with Crippen LogP contribution in [0.1, 0.15) is 58.8 Å². The number of ether oxygens (including phenoxy) is 1. The molecule has 9 atom stereocenters. The first kappa shape index (κ1) is 17.8. The summed E-state index contributed by atoms with van der Waals surface area (Å²) in [6.45, 7) is 5.06. The van der Waals surface area contributed by atoms with Crippen molar-refractivity contribution < 1.29 is 14.6 Å². The summed E-state index contributed by atoms with van der Waals surface area (Å²) in [5.74, 6) is 8.00. The van der Waals surface area contributed by atoms with Crippen LogP contribution in [0.2, 0.25) is 0 Å². The minimum atomic E-state index is 0.0197. The zero-order valence-electron chi connectivity index (χ0n) is 16.2. The first-order valence-corrected chi connectivity index (χ1v) is 10.7. The minimum absolute atomic E-state index is 0.0197. The van der Waals surface area contributed by atoms with Gasteiger partial charge in [-0.15, -0.1) is 0 Å². The number of rotatable bonds is 2. The van der Waals surface area contributed by atoms with Gasteiger partial charge in [-0.05, 0) is 98.2 Å². The van der Waals surface area contributed by atoms with Gasteiger partial charge in [0.2, 0.25) is 0 Å². The Hall–Kier alpha value is -0.570. The van der Waals surface area contributed by atoms with E-state index in [4.69, 9.17) is 9.84 Å². The molecule has 0 aromatic rings. The highest BCUT2D eigenvalue weighted by Crippen LogP contribution is 2.60. The maximum Gasteiger partial charge on any atom is 0.308 e. The van der Waals surface area contributed by atoms with Gasteiger partial charge in [0, 0.05) is 6.61 Å². The van der Waals surface area contributed by atoms with Gasteiger partial charge in [-0.2, -0.15) is 0 Å². The SMILES string of the molecule is COC(=O)C1CC2CC1C(C)C2C.OCC1CC2C3CCC(C3)C2C1. The lowest BCUT2D eigenvalue weighted by Crippen LogP contribution is -2.30. The van der Waals surface area contributed by atoms with Crippen LogP contribution in [0, 0.1) is 59.2 Å². The Morgan fingerprint density at radius 2 is 1.52 bits per heavy atom. The molecule has 0 aliphatic heterocycles. The molecule has 0 aromatic heterocycles. The Morgan fingerprint density at radius 1 is 0.880 bits per heavy atom. The van der Waals surface area contributed by atoms with Crippen molar-refractivity contribution in [3.05, 3.63) is 0 Å². The maximum absolute atomic E-state index is 11.4. The van der Waals surface area contributed by atoms with Crippen LogP contribution in [0.25, 0.3) is 0 Å². The molecule has 0 aromatic carbocycles. The molecule has 0 amide bonds. The topological polar surface area (TPSA) is 46.5 Å². The van der Waals surface area contributed by atoms with Gasteiger partial charge in [0.15, 0.2) is 0 Å². The summed E-state index contributed by atoms with van der Waals surface area (Å²) in [4.78, 5) is 11.4. The summed E-state index contributed by atoms with van der Waals surface area (Å²) in [5.41, 5.74) is 0. The fourth-order valence-electron chi connectivity index (χ4n) is 7.64.